The third kappa shape index (κ3) is 8.40. The van der Waals surface area contributed by atoms with Crippen LogP contribution >= 0.6 is 0 Å². The second kappa shape index (κ2) is 4.53. The van der Waals surface area contributed by atoms with Gasteiger partial charge in [0.2, 0.25) is 0 Å². The van der Waals surface area contributed by atoms with Crippen LogP contribution in [0.25, 0.3) is 0 Å². The van der Waals surface area contributed by atoms with Gasteiger partial charge in [0.15, 0.2) is 0 Å². The summed E-state index contributed by atoms with van der Waals surface area (Å²) < 4.78 is 68.0. The molecule has 0 heterocycles. The van der Waals surface area contributed by atoms with Gasteiger partial charge in [-0.3, -0.25) is 0 Å². The maximum absolute atomic E-state index is 11.5. The fourth-order valence-corrected chi connectivity index (χ4v) is 3.93. The van der Waals surface area contributed by atoms with E-state index < -0.39 is 43.4 Å². The van der Waals surface area contributed by atoms with E-state index in [2.05, 4.69) is 0 Å². The van der Waals surface area contributed by atoms with Crippen LogP contribution in [0.5, 0.6) is 0 Å². The summed E-state index contributed by atoms with van der Waals surface area (Å²) >= 11 is -4.82. The molecule has 1 nitrogen and oxygen atoms in total. The molecular formula is C4F6OSe2. The Kier molecular flexibility index (Phi) is 4.55. The van der Waals surface area contributed by atoms with Crippen molar-refractivity contribution < 1.29 is 31.1 Å². The van der Waals surface area contributed by atoms with Crippen molar-refractivity contribution in [1.82, 2.24) is 0 Å². The van der Waals surface area contributed by atoms with Gasteiger partial charge < -0.3 is 0 Å². The van der Waals surface area contributed by atoms with Crippen LogP contribution in [0.1, 0.15) is 0 Å². The van der Waals surface area contributed by atoms with Gasteiger partial charge in [-0.25, -0.2) is 0 Å². The first-order valence-electron chi connectivity index (χ1n) is 2.40. The Bertz CT molecular complexity index is 206. The minimum absolute atomic E-state index is 0.697. The average Bonchev–Trinajstić information content (AvgIpc) is 1.79. The number of carbonyl (C=O) groups excluding carboxylic acids is 1. The van der Waals surface area contributed by atoms with Crippen molar-refractivity contribution >= 4 is 35.9 Å². The Hall–Kier alpha value is 0.0690. The molecule has 0 radical (unpaired) electrons. The minimum atomic E-state index is -4.73. The van der Waals surface area contributed by atoms with Crippen molar-refractivity contribution in [1.29, 1.82) is 0 Å². The first-order chi connectivity index (χ1) is 5.64. The molecule has 0 saturated heterocycles. The second-order valence-corrected chi connectivity index (χ2v) is 7.31. The van der Waals surface area contributed by atoms with Crippen LogP contribution in [0.3, 0.4) is 0 Å². The number of hydrogen-bond acceptors (Lipinski definition) is 1. The van der Waals surface area contributed by atoms with Gasteiger partial charge in [-0.15, -0.1) is 0 Å². The van der Waals surface area contributed by atoms with Gasteiger partial charge >= 0.3 is 80.5 Å². The maximum atomic E-state index is 11.5. The van der Waals surface area contributed by atoms with Gasteiger partial charge in [0.25, 0.3) is 0 Å². The van der Waals surface area contributed by atoms with E-state index in [-0.39, 0.29) is 0 Å². The molecule has 0 saturated carbocycles. The van der Waals surface area contributed by atoms with E-state index in [1.165, 1.54) is 0 Å². The van der Waals surface area contributed by atoms with Gasteiger partial charge in [-0.05, 0) is 0 Å². The van der Waals surface area contributed by atoms with Gasteiger partial charge in [-0.2, -0.15) is 0 Å². The van der Waals surface area contributed by atoms with E-state index in [0.29, 0.717) is 5.94 Å². The molecule has 13 heavy (non-hydrogen) atoms. The Labute approximate surface area is 80.9 Å². The van der Waals surface area contributed by atoms with E-state index in [1.54, 1.807) is 0 Å². The fraction of sp³-hybridized carbons (Fsp3) is 0.500. The third-order valence-corrected chi connectivity index (χ3v) is 4.42. The van der Waals surface area contributed by atoms with Gasteiger partial charge in [0, 0.05) is 0 Å². The summed E-state index contributed by atoms with van der Waals surface area (Å²) in [6.07, 6.45) is 0. The van der Waals surface area contributed by atoms with Crippen LogP contribution in [0.15, 0.2) is 3.37 Å². The summed E-state index contributed by atoms with van der Waals surface area (Å²) in [7, 11) is 0. The number of alkyl halides is 6. The van der Waals surface area contributed by atoms with Crippen molar-refractivity contribution in [3.63, 3.8) is 0 Å². The van der Waals surface area contributed by atoms with Crippen molar-refractivity contribution in [2.75, 3.05) is 0 Å². The summed E-state index contributed by atoms with van der Waals surface area (Å²) in [5, 5.41) is -9.46. The molecule has 0 atom stereocenters. The molecule has 0 N–H and O–H groups in total. The van der Waals surface area contributed by atoms with Gasteiger partial charge in [0.1, 0.15) is 0 Å². The van der Waals surface area contributed by atoms with Crippen molar-refractivity contribution in [3.8, 4) is 0 Å². The monoisotopic (exact) mass is 338 g/mol. The Morgan fingerprint density at radius 1 is 0.923 bits per heavy atom. The van der Waals surface area contributed by atoms with Gasteiger partial charge in [0.05, 0.1) is 0 Å². The first-order valence-corrected chi connectivity index (χ1v) is 5.83. The third-order valence-electron chi connectivity index (χ3n) is 0.500. The molecule has 0 rings (SSSR count). The number of halogens is 6. The molecule has 0 aromatic heterocycles. The summed E-state index contributed by atoms with van der Waals surface area (Å²) in [6, 6.07) is 0. The number of rotatable bonds is 2. The molecule has 0 spiro atoms. The quantitative estimate of drug-likeness (QED) is 0.420. The van der Waals surface area contributed by atoms with Crippen molar-refractivity contribution in [2.24, 2.45) is 0 Å². The standard InChI is InChI=1S/C4F6OSe2/c5-3(6,7)12-2(1-11)13-4(8,9)10. The van der Waals surface area contributed by atoms with Crippen LogP contribution in [-0.2, 0) is 4.79 Å². The molecule has 0 amide bonds. The molecule has 0 aliphatic carbocycles. The molecular weight excluding hydrogens is 336 g/mol. The Morgan fingerprint density at radius 3 is 1.38 bits per heavy atom. The molecule has 0 bridgehead atoms. The fourth-order valence-electron chi connectivity index (χ4n) is 0.273. The van der Waals surface area contributed by atoms with Crippen molar-refractivity contribution in [2.45, 2.75) is 10.1 Å². The SMILES string of the molecule is O=C=C([Se]C(F)(F)F)[Se]C(F)(F)F. The van der Waals surface area contributed by atoms with Crippen LogP contribution in [-0.4, -0.2) is 46.0 Å². The normalized spacial score (nSPS) is 12.5. The summed E-state index contributed by atoms with van der Waals surface area (Å²) in [5.41, 5.74) is 0. The molecule has 0 aromatic rings. The van der Waals surface area contributed by atoms with Crippen molar-refractivity contribution in [3.05, 3.63) is 3.37 Å². The van der Waals surface area contributed by atoms with Crippen LogP contribution in [0.2, 0.25) is 0 Å². The predicted octanol–water partition coefficient (Wildman–Crippen LogP) is 1.11. The molecule has 9 heteroatoms. The van der Waals surface area contributed by atoms with Crippen LogP contribution < -0.4 is 0 Å². The van der Waals surface area contributed by atoms with E-state index in [9.17, 15) is 31.1 Å². The summed E-state index contributed by atoms with van der Waals surface area (Å²) in [5.74, 6) is 0.697. The molecule has 76 valence electrons. The zero-order valence-electron chi connectivity index (χ0n) is 5.49. The summed E-state index contributed by atoms with van der Waals surface area (Å²) in [4.78, 5) is 9.73. The molecule has 0 aromatic carbocycles. The van der Waals surface area contributed by atoms with Gasteiger partial charge in [-0.1, -0.05) is 0 Å². The average molecular weight is 336 g/mol. The van der Waals surface area contributed by atoms with E-state index in [0.717, 1.165) is 0 Å². The van der Waals surface area contributed by atoms with E-state index in [1.807, 2.05) is 0 Å². The molecule has 0 unspecified atom stereocenters. The van der Waals surface area contributed by atoms with Crippen LogP contribution in [0, 0.1) is 0 Å². The summed E-state index contributed by atoms with van der Waals surface area (Å²) in [6.45, 7) is 0. The molecule has 0 fully saturated rings. The second-order valence-electron chi connectivity index (χ2n) is 1.49. The van der Waals surface area contributed by atoms with E-state index in [4.69, 9.17) is 0 Å². The van der Waals surface area contributed by atoms with Crippen LogP contribution in [0.4, 0.5) is 26.3 Å². The zero-order valence-corrected chi connectivity index (χ0v) is 8.92. The zero-order chi connectivity index (χ0) is 10.7. The molecule has 0 aliphatic heterocycles. The topological polar surface area (TPSA) is 17.1 Å². The Balaban J connectivity index is 4.33. The van der Waals surface area contributed by atoms with E-state index >= 15 is 0 Å². The predicted molar refractivity (Wildman–Crippen MR) is 32.8 cm³/mol. The molecule has 0 aliphatic rings. The number of hydrogen-bond donors (Lipinski definition) is 0. The Morgan fingerprint density at radius 2 is 1.23 bits per heavy atom. The first kappa shape index (κ1) is 13.1.